The third kappa shape index (κ3) is 2.45. The summed E-state index contributed by atoms with van der Waals surface area (Å²) in [6.07, 6.45) is 4.09. The number of benzene rings is 1. The molecule has 18 heavy (non-hydrogen) atoms. The van der Waals surface area contributed by atoms with Crippen LogP contribution in [0.3, 0.4) is 0 Å². The van der Waals surface area contributed by atoms with Crippen LogP contribution in [0.25, 0.3) is 0 Å². The lowest BCUT2D eigenvalue weighted by Crippen LogP contribution is -2.28. The summed E-state index contributed by atoms with van der Waals surface area (Å²) in [7, 11) is 0. The van der Waals surface area contributed by atoms with E-state index in [1.165, 1.54) is 16.7 Å². The molecular formula is C16H24O2. The Kier molecular flexibility index (Phi) is 4.41. The molecule has 0 amide bonds. The summed E-state index contributed by atoms with van der Waals surface area (Å²) in [6, 6.07) is 6.73. The Morgan fingerprint density at radius 2 is 1.78 bits per heavy atom. The van der Waals surface area contributed by atoms with Crippen molar-refractivity contribution < 1.29 is 9.47 Å². The number of aryl methyl sites for hydroxylation is 2. The average molecular weight is 248 g/mol. The zero-order chi connectivity index (χ0) is 13.0. The van der Waals surface area contributed by atoms with Crippen LogP contribution in [0.15, 0.2) is 18.2 Å². The Balaban J connectivity index is 2.44. The first kappa shape index (κ1) is 13.6. The molecule has 0 radical (unpaired) electrons. The van der Waals surface area contributed by atoms with Gasteiger partial charge in [-0.05, 0) is 24.0 Å². The fraction of sp³-hybridized carbons (Fsp3) is 0.625. The number of rotatable bonds is 5. The standard InChI is InChI=1S/C16H24O2/c1-4-9-16(17-10-11-18-16)15-12-13(5-2)7-8-14(15)6-3/h7-8,12H,4-6,9-11H2,1-3H3. The van der Waals surface area contributed by atoms with Gasteiger partial charge in [-0.25, -0.2) is 0 Å². The van der Waals surface area contributed by atoms with Crippen molar-refractivity contribution >= 4 is 0 Å². The molecule has 1 saturated heterocycles. The van der Waals surface area contributed by atoms with Crippen molar-refractivity contribution in [2.45, 2.75) is 52.2 Å². The molecule has 100 valence electrons. The van der Waals surface area contributed by atoms with Crippen molar-refractivity contribution in [1.29, 1.82) is 0 Å². The van der Waals surface area contributed by atoms with Crippen LogP contribution in [0.1, 0.15) is 50.3 Å². The van der Waals surface area contributed by atoms with Gasteiger partial charge in [-0.2, -0.15) is 0 Å². The van der Waals surface area contributed by atoms with E-state index in [0.29, 0.717) is 13.2 Å². The molecule has 0 bridgehead atoms. The highest BCUT2D eigenvalue weighted by Gasteiger charge is 2.39. The van der Waals surface area contributed by atoms with Crippen LogP contribution in [-0.2, 0) is 28.1 Å². The number of hydrogen-bond acceptors (Lipinski definition) is 2. The molecule has 2 heteroatoms. The zero-order valence-electron chi connectivity index (χ0n) is 11.8. The summed E-state index contributed by atoms with van der Waals surface area (Å²) in [5, 5.41) is 0. The van der Waals surface area contributed by atoms with Gasteiger partial charge in [0.2, 0.25) is 0 Å². The van der Waals surface area contributed by atoms with Crippen molar-refractivity contribution in [3.8, 4) is 0 Å². The monoisotopic (exact) mass is 248 g/mol. The van der Waals surface area contributed by atoms with E-state index >= 15 is 0 Å². The van der Waals surface area contributed by atoms with Crippen LogP contribution >= 0.6 is 0 Å². The van der Waals surface area contributed by atoms with Crippen LogP contribution < -0.4 is 0 Å². The average Bonchev–Trinajstić information content (AvgIpc) is 2.88. The quantitative estimate of drug-likeness (QED) is 0.789. The summed E-state index contributed by atoms with van der Waals surface area (Å²) >= 11 is 0. The Labute approximate surface area is 110 Å². The van der Waals surface area contributed by atoms with E-state index in [-0.39, 0.29) is 0 Å². The summed E-state index contributed by atoms with van der Waals surface area (Å²) in [5.41, 5.74) is 3.96. The van der Waals surface area contributed by atoms with Crippen molar-refractivity contribution in [3.63, 3.8) is 0 Å². The lowest BCUT2D eigenvalue weighted by molar-refractivity contribution is -0.171. The molecule has 0 aliphatic carbocycles. The summed E-state index contributed by atoms with van der Waals surface area (Å²) < 4.78 is 12.0. The molecule has 0 aromatic heterocycles. The van der Waals surface area contributed by atoms with Gasteiger partial charge in [-0.3, -0.25) is 0 Å². The van der Waals surface area contributed by atoms with Gasteiger partial charge < -0.3 is 9.47 Å². The van der Waals surface area contributed by atoms with Crippen LogP contribution in [0.2, 0.25) is 0 Å². The molecule has 1 aromatic carbocycles. The van der Waals surface area contributed by atoms with E-state index in [1.54, 1.807) is 0 Å². The highest BCUT2D eigenvalue weighted by Crippen LogP contribution is 2.38. The predicted molar refractivity (Wildman–Crippen MR) is 73.7 cm³/mol. The van der Waals surface area contributed by atoms with E-state index in [0.717, 1.165) is 25.7 Å². The molecule has 1 aromatic rings. The fourth-order valence-corrected chi connectivity index (χ4v) is 2.72. The maximum Gasteiger partial charge on any atom is 0.195 e. The minimum Gasteiger partial charge on any atom is -0.343 e. The van der Waals surface area contributed by atoms with Crippen LogP contribution in [0.4, 0.5) is 0 Å². The highest BCUT2D eigenvalue weighted by molar-refractivity contribution is 5.36. The number of hydrogen-bond donors (Lipinski definition) is 0. The van der Waals surface area contributed by atoms with Gasteiger partial charge in [0.05, 0.1) is 13.2 Å². The van der Waals surface area contributed by atoms with Crippen molar-refractivity contribution in [3.05, 3.63) is 34.9 Å². The first-order valence-corrected chi connectivity index (χ1v) is 7.16. The molecule has 0 saturated carbocycles. The van der Waals surface area contributed by atoms with E-state index in [4.69, 9.17) is 9.47 Å². The van der Waals surface area contributed by atoms with Gasteiger partial charge in [-0.1, -0.05) is 45.4 Å². The molecule has 0 spiro atoms. The van der Waals surface area contributed by atoms with Gasteiger partial charge >= 0.3 is 0 Å². The molecule has 0 N–H and O–H groups in total. The molecular weight excluding hydrogens is 224 g/mol. The lowest BCUT2D eigenvalue weighted by Gasteiger charge is -2.30. The molecule has 0 unspecified atom stereocenters. The molecule has 2 nitrogen and oxygen atoms in total. The summed E-state index contributed by atoms with van der Waals surface area (Å²) in [6.45, 7) is 7.98. The first-order valence-electron chi connectivity index (χ1n) is 7.16. The van der Waals surface area contributed by atoms with Gasteiger partial charge in [0.25, 0.3) is 0 Å². The second kappa shape index (κ2) is 5.85. The van der Waals surface area contributed by atoms with Crippen molar-refractivity contribution in [1.82, 2.24) is 0 Å². The topological polar surface area (TPSA) is 18.5 Å². The molecule has 1 heterocycles. The Morgan fingerprint density at radius 3 is 2.33 bits per heavy atom. The van der Waals surface area contributed by atoms with Gasteiger partial charge in [-0.15, -0.1) is 0 Å². The van der Waals surface area contributed by atoms with Gasteiger partial charge in [0, 0.05) is 12.0 Å². The lowest BCUT2D eigenvalue weighted by atomic mass is 9.92. The smallest absolute Gasteiger partial charge is 0.195 e. The van der Waals surface area contributed by atoms with E-state index in [1.807, 2.05) is 0 Å². The molecule has 0 atom stereocenters. The SMILES string of the molecule is CCCC1(c2cc(CC)ccc2CC)OCCO1. The second-order valence-corrected chi connectivity index (χ2v) is 4.90. The normalized spacial score (nSPS) is 18.2. The molecule has 1 aliphatic heterocycles. The van der Waals surface area contributed by atoms with Gasteiger partial charge in [0.1, 0.15) is 0 Å². The maximum atomic E-state index is 5.99. The summed E-state index contributed by atoms with van der Waals surface area (Å²) in [5.74, 6) is -0.481. The van der Waals surface area contributed by atoms with Crippen molar-refractivity contribution in [2.24, 2.45) is 0 Å². The van der Waals surface area contributed by atoms with Crippen LogP contribution in [0, 0.1) is 0 Å². The van der Waals surface area contributed by atoms with E-state index < -0.39 is 5.79 Å². The van der Waals surface area contributed by atoms with Crippen molar-refractivity contribution in [2.75, 3.05) is 13.2 Å². The Hall–Kier alpha value is -0.860. The summed E-state index contributed by atoms with van der Waals surface area (Å²) in [4.78, 5) is 0. The third-order valence-corrected chi connectivity index (χ3v) is 3.71. The third-order valence-electron chi connectivity index (χ3n) is 3.71. The second-order valence-electron chi connectivity index (χ2n) is 4.90. The Bertz CT molecular complexity index is 392. The van der Waals surface area contributed by atoms with E-state index in [9.17, 15) is 0 Å². The predicted octanol–water partition coefficient (Wildman–Crippen LogP) is 3.81. The van der Waals surface area contributed by atoms with E-state index in [2.05, 4.69) is 39.0 Å². The van der Waals surface area contributed by atoms with Crippen LogP contribution in [-0.4, -0.2) is 13.2 Å². The fourth-order valence-electron chi connectivity index (χ4n) is 2.72. The van der Waals surface area contributed by atoms with Crippen LogP contribution in [0.5, 0.6) is 0 Å². The minimum absolute atomic E-state index is 0.481. The highest BCUT2D eigenvalue weighted by atomic mass is 16.7. The molecule has 1 fully saturated rings. The molecule has 1 aliphatic rings. The Morgan fingerprint density at radius 1 is 1.06 bits per heavy atom. The maximum absolute atomic E-state index is 5.99. The van der Waals surface area contributed by atoms with Gasteiger partial charge in [0.15, 0.2) is 5.79 Å². The molecule has 2 rings (SSSR count). The first-order chi connectivity index (χ1) is 8.75. The number of ether oxygens (including phenoxy) is 2. The largest absolute Gasteiger partial charge is 0.343 e. The zero-order valence-corrected chi connectivity index (χ0v) is 11.8. The minimum atomic E-state index is -0.481.